The number of carbonyl (C=O) groups excluding carboxylic acids is 1. The minimum absolute atomic E-state index is 0.150. The lowest BCUT2D eigenvalue weighted by atomic mass is 9.78. The molecular weight excluding hydrogens is 524 g/mol. The quantitative estimate of drug-likeness (QED) is 0.205. The van der Waals surface area contributed by atoms with E-state index < -0.39 is 33.8 Å². The maximum absolute atomic E-state index is 13.6. The lowest BCUT2D eigenvalue weighted by molar-refractivity contribution is -0.131. The van der Waals surface area contributed by atoms with Gasteiger partial charge < -0.3 is 10.0 Å². The van der Waals surface area contributed by atoms with Crippen LogP contribution in [-0.4, -0.2) is 24.0 Å². The molecule has 39 heavy (non-hydrogen) atoms. The van der Waals surface area contributed by atoms with Gasteiger partial charge in [-0.05, 0) is 83.6 Å². The molecule has 4 aromatic carbocycles. The summed E-state index contributed by atoms with van der Waals surface area (Å²) in [5.74, 6) is -1.41. The molecule has 1 fully saturated rings. The van der Waals surface area contributed by atoms with Crippen molar-refractivity contribution in [2.75, 3.05) is 4.90 Å². The van der Waals surface area contributed by atoms with E-state index in [2.05, 4.69) is 0 Å². The highest BCUT2D eigenvalue weighted by molar-refractivity contribution is 7.85. The Morgan fingerprint density at radius 2 is 1.44 bits per heavy atom. The maximum atomic E-state index is 13.6. The lowest BCUT2D eigenvalue weighted by Crippen LogP contribution is -2.55. The molecule has 0 radical (unpaired) electrons. The van der Waals surface area contributed by atoms with E-state index in [1.807, 2.05) is 12.1 Å². The molecule has 1 aliphatic heterocycles. The van der Waals surface area contributed by atoms with E-state index in [0.717, 1.165) is 5.56 Å². The Morgan fingerprint density at radius 1 is 0.821 bits per heavy atom. The zero-order valence-electron chi connectivity index (χ0n) is 20.6. The van der Waals surface area contributed by atoms with Gasteiger partial charge in [-0.3, -0.25) is 9.35 Å². The summed E-state index contributed by atoms with van der Waals surface area (Å²) in [6, 6.07) is 24.1. The van der Waals surface area contributed by atoms with E-state index in [0.29, 0.717) is 28.8 Å². The molecule has 2 N–H and O–H groups in total. The van der Waals surface area contributed by atoms with Crippen molar-refractivity contribution in [3.8, 4) is 11.1 Å². The summed E-state index contributed by atoms with van der Waals surface area (Å²) in [4.78, 5) is 14.7. The van der Waals surface area contributed by atoms with Gasteiger partial charge in [0.15, 0.2) is 0 Å². The molecule has 5 rings (SSSR count). The van der Waals surface area contributed by atoms with Crippen molar-refractivity contribution < 1.29 is 31.7 Å². The average Bonchev–Trinajstić information content (AvgIpc) is 2.93. The summed E-state index contributed by atoms with van der Waals surface area (Å²) in [6.07, 6.45) is -0.204. The van der Waals surface area contributed by atoms with Gasteiger partial charge in [0.05, 0.1) is 23.0 Å². The molecule has 2 unspecified atom stereocenters. The molecule has 0 bridgehead atoms. The molecule has 0 aromatic heterocycles. The number of amides is 1. The Hall–Kier alpha value is -3.92. The molecule has 1 amide bonds. The first kappa shape index (κ1) is 26.7. The molecular formula is C30H25F2NO5S. The molecule has 1 heterocycles. The first-order valence-corrected chi connectivity index (χ1v) is 13.8. The minimum Gasteiger partial charge on any atom is -0.388 e. The fourth-order valence-electron chi connectivity index (χ4n) is 5.00. The summed E-state index contributed by atoms with van der Waals surface area (Å²) in [5.41, 5.74) is 3.23. The monoisotopic (exact) mass is 549 g/mol. The fraction of sp³-hybridized carbons (Fsp3) is 0.167. The number of hydrogen-bond acceptors (Lipinski definition) is 4. The number of aliphatic hydroxyl groups is 1. The normalized spacial score (nSPS) is 18.1. The van der Waals surface area contributed by atoms with Gasteiger partial charge in [0, 0.05) is 5.69 Å². The van der Waals surface area contributed by atoms with Gasteiger partial charge in [0.1, 0.15) is 11.6 Å². The summed E-state index contributed by atoms with van der Waals surface area (Å²) >= 11 is 0. The van der Waals surface area contributed by atoms with E-state index in [1.165, 1.54) is 54.6 Å². The number of rotatable bonds is 8. The summed E-state index contributed by atoms with van der Waals surface area (Å²) in [7, 11) is -4.35. The van der Waals surface area contributed by atoms with Crippen molar-refractivity contribution in [3.63, 3.8) is 0 Å². The van der Waals surface area contributed by atoms with Crippen LogP contribution in [0.3, 0.4) is 0 Å². The number of anilines is 1. The van der Waals surface area contributed by atoms with Crippen molar-refractivity contribution in [3.05, 3.63) is 120 Å². The van der Waals surface area contributed by atoms with E-state index in [9.17, 15) is 31.7 Å². The molecule has 6 nitrogen and oxygen atoms in total. The predicted molar refractivity (Wildman–Crippen MR) is 142 cm³/mol. The Labute approximate surface area is 224 Å². The zero-order valence-corrected chi connectivity index (χ0v) is 21.4. The SMILES string of the molecule is O=C1C(CC[C@H](O)c2ccc(F)cc2)C(c2ccc(-c3cccc(S(=O)(=O)O)c3)cc2)N1c1ccc(F)cc1. The van der Waals surface area contributed by atoms with Crippen LogP contribution in [0.4, 0.5) is 14.5 Å². The second kappa shape index (κ2) is 10.7. The van der Waals surface area contributed by atoms with Crippen molar-refractivity contribution in [2.24, 2.45) is 5.92 Å². The van der Waals surface area contributed by atoms with E-state index >= 15 is 0 Å². The summed E-state index contributed by atoms with van der Waals surface area (Å²) in [6.45, 7) is 0. The fourth-order valence-corrected chi connectivity index (χ4v) is 5.53. The van der Waals surface area contributed by atoms with Crippen molar-refractivity contribution in [1.29, 1.82) is 0 Å². The van der Waals surface area contributed by atoms with Crippen molar-refractivity contribution >= 4 is 21.7 Å². The first-order valence-electron chi connectivity index (χ1n) is 12.3. The Balaban J connectivity index is 1.41. The number of hydrogen-bond donors (Lipinski definition) is 2. The third-order valence-corrected chi connectivity index (χ3v) is 7.89. The average molecular weight is 550 g/mol. The minimum atomic E-state index is -4.35. The predicted octanol–water partition coefficient (Wildman–Crippen LogP) is 6.10. The van der Waals surface area contributed by atoms with E-state index in [-0.39, 0.29) is 23.3 Å². The smallest absolute Gasteiger partial charge is 0.294 e. The van der Waals surface area contributed by atoms with Crippen molar-refractivity contribution in [1.82, 2.24) is 0 Å². The van der Waals surface area contributed by atoms with Crippen LogP contribution in [0.1, 0.15) is 36.1 Å². The molecule has 1 aliphatic rings. The Kier molecular flexibility index (Phi) is 7.31. The molecule has 9 heteroatoms. The number of aliphatic hydroxyl groups excluding tert-OH is 1. The van der Waals surface area contributed by atoms with Crippen LogP contribution in [-0.2, 0) is 14.9 Å². The third-order valence-electron chi connectivity index (χ3n) is 7.04. The van der Waals surface area contributed by atoms with E-state index in [1.54, 1.807) is 35.2 Å². The van der Waals surface area contributed by atoms with Crippen LogP contribution in [0.25, 0.3) is 11.1 Å². The van der Waals surface area contributed by atoms with Crippen LogP contribution in [0, 0.1) is 17.6 Å². The highest BCUT2D eigenvalue weighted by atomic mass is 32.2. The number of nitrogens with zero attached hydrogens (tertiary/aromatic N) is 1. The molecule has 0 saturated carbocycles. The van der Waals surface area contributed by atoms with Gasteiger partial charge in [0.25, 0.3) is 10.1 Å². The number of carbonyl (C=O) groups is 1. The third kappa shape index (κ3) is 5.61. The van der Waals surface area contributed by atoms with Crippen LogP contribution in [0.2, 0.25) is 0 Å². The number of halogens is 2. The standard InChI is InChI=1S/C30H25F2NO5S/c31-23-10-8-20(9-11-23)28(34)17-16-27-29(33(30(27)35)25-14-12-24(32)13-15-25)21-6-4-19(5-7-21)22-2-1-3-26(18-22)39(36,37)38/h1-15,18,27-29,34H,16-17H2,(H,36,37,38)/t27?,28-,29?/m0/s1. The Morgan fingerprint density at radius 3 is 2.05 bits per heavy atom. The van der Waals surface area contributed by atoms with Crippen LogP contribution in [0.5, 0.6) is 0 Å². The van der Waals surface area contributed by atoms with Gasteiger partial charge in [-0.2, -0.15) is 8.42 Å². The molecule has 200 valence electrons. The van der Waals surface area contributed by atoms with Gasteiger partial charge in [-0.15, -0.1) is 0 Å². The number of benzene rings is 4. The number of β-lactam (4-membered cyclic amide) rings is 1. The van der Waals surface area contributed by atoms with Gasteiger partial charge in [0.2, 0.25) is 5.91 Å². The van der Waals surface area contributed by atoms with Gasteiger partial charge in [-0.1, -0.05) is 48.5 Å². The second-order valence-corrected chi connectivity index (χ2v) is 10.9. The molecule has 4 aromatic rings. The largest absolute Gasteiger partial charge is 0.388 e. The first-order chi connectivity index (χ1) is 18.6. The highest BCUT2D eigenvalue weighted by Gasteiger charge is 2.48. The topological polar surface area (TPSA) is 94.9 Å². The highest BCUT2D eigenvalue weighted by Crippen LogP contribution is 2.46. The van der Waals surface area contributed by atoms with Gasteiger partial charge >= 0.3 is 0 Å². The van der Waals surface area contributed by atoms with Crippen LogP contribution in [0.15, 0.2) is 102 Å². The molecule has 0 aliphatic carbocycles. The second-order valence-electron chi connectivity index (χ2n) is 9.51. The van der Waals surface area contributed by atoms with Gasteiger partial charge in [-0.25, -0.2) is 8.78 Å². The van der Waals surface area contributed by atoms with Crippen molar-refractivity contribution in [2.45, 2.75) is 29.9 Å². The molecule has 3 atom stereocenters. The Bertz CT molecular complexity index is 1590. The van der Waals surface area contributed by atoms with Crippen LogP contribution >= 0.6 is 0 Å². The lowest BCUT2D eigenvalue weighted by Gasteiger charge is -2.48. The molecule has 1 saturated heterocycles. The molecule has 0 spiro atoms. The van der Waals surface area contributed by atoms with E-state index in [4.69, 9.17) is 0 Å². The zero-order chi connectivity index (χ0) is 27.7. The summed E-state index contributed by atoms with van der Waals surface area (Å²) in [5, 5.41) is 10.6. The summed E-state index contributed by atoms with van der Waals surface area (Å²) < 4.78 is 59.3. The maximum Gasteiger partial charge on any atom is 0.294 e. The van der Waals surface area contributed by atoms with Crippen LogP contribution < -0.4 is 4.90 Å².